The molecule has 1 aromatic carbocycles. The lowest BCUT2D eigenvalue weighted by molar-refractivity contribution is -0.142. The van der Waals surface area contributed by atoms with Crippen LogP contribution in [-0.4, -0.2) is 41.0 Å². The number of benzene rings is 1. The molecule has 0 saturated carbocycles. The zero-order valence-electron chi connectivity index (χ0n) is 10.6. The van der Waals surface area contributed by atoms with Crippen LogP contribution in [0.15, 0.2) is 18.2 Å². The SMILES string of the molecule is O=C(CN1CCC[C@@H]1C(=O)O)Nc1cccc(Cl)c1Cl. The predicted molar refractivity (Wildman–Crippen MR) is 77.3 cm³/mol. The number of carboxylic acids is 1. The first-order valence-corrected chi connectivity index (χ1v) is 6.95. The van der Waals surface area contributed by atoms with Gasteiger partial charge in [-0.2, -0.15) is 0 Å². The van der Waals surface area contributed by atoms with E-state index >= 15 is 0 Å². The van der Waals surface area contributed by atoms with Crippen LogP contribution in [0.3, 0.4) is 0 Å². The van der Waals surface area contributed by atoms with Crippen molar-refractivity contribution in [3.8, 4) is 0 Å². The van der Waals surface area contributed by atoms with E-state index in [1.807, 2.05) is 0 Å². The van der Waals surface area contributed by atoms with Crippen LogP contribution in [0.5, 0.6) is 0 Å². The first-order chi connectivity index (χ1) is 9.49. The maximum absolute atomic E-state index is 12.0. The van der Waals surface area contributed by atoms with Gasteiger partial charge in [0.2, 0.25) is 5.91 Å². The van der Waals surface area contributed by atoms with Gasteiger partial charge in [-0.3, -0.25) is 14.5 Å². The van der Waals surface area contributed by atoms with E-state index in [9.17, 15) is 9.59 Å². The number of aliphatic carboxylic acids is 1. The summed E-state index contributed by atoms with van der Waals surface area (Å²) in [5, 5.41) is 12.3. The molecule has 0 aromatic heterocycles. The van der Waals surface area contributed by atoms with Crippen molar-refractivity contribution < 1.29 is 14.7 Å². The number of anilines is 1. The zero-order valence-corrected chi connectivity index (χ0v) is 12.1. The molecule has 5 nitrogen and oxygen atoms in total. The highest BCUT2D eigenvalue weighted by Crippen LogP contribution is 2.29. The highest BCUT2D eigenvalue weighted by molar-refractivity contribution is 6.43. The number of amides is 1. The molecule has 1 saturated heterocycles. The fraction of sp³-hybridized carbons (Fsp3) is 0.385. The number of hydrogen-bond acceptors (Lipinski definition) is 3. The van der Waals surface area contributed by atoms with Gasteiger partial charge in [-0.15, -0.1) is 0 Å². The Kier molecular flexibility index (Phi) is 4.86. The average Bonchev–Trinajstić information content (AvgIpc) is 2.83. The van der Waals surface area contributed by atoms with Gasteiger partial charge in [-0.1, -0.05) is 29.3 Å². The van der Waals surface area contributed by atoms with E-state index in [2.05, 4.69) is 5.32 Å². The molecule has 20 heavy (non-hydrogen) atoms. The third kappa shape index (κ3) is 3.42. The van der Waals surface area contributed by atoms with Gasteiger partial charge in [-0.05, 0) is 31.5 Å². The summed E-state index contributed by atoms with van der Waals surface area (Å²) in [5.41, 5.74) is 0.426. The van der Waals surface area contributed by atoms with Crippen molar-refractivity contribution in [1.82, 2.24) is 4.90 Å². The lowest BCUT2D eigenvalue weighted by Crippen LogP contribution is -2.40. The second kappa shape index (κ2) is 6.43. The highest BCUT2D eigenvalue weighted by atomic mass is 35.5. The number of likely N-dealkylation sites (tertiary alicyclic amines) is 1. The standard InChI is InChI=1S/C13H14Cl2N2O3/c14-8-3-1-4-9(12(8)15)16-11(18)7-17-6-2-5-10(17)13(19)20/h1,3-4,10H,2,5-7H2,(H,16,18)(H,19,20)/t10-/m1/s1. The van der Waals surface area contributed by atoms with Gasteiger partial charge < -0.3 is 10.4 Å². The molecule has 0 aliphatic carbocycles. The molecule has 1 atom stereocenters. The van der Waals surface area contributed by atoms with Crippen molar-refractivity contribution in [3.05, 3.63) is 28.2 Å². The Balaban J connectivity index is 1.99. The number of nitrogens with one attached hydrogen (secondary N) is 1. The smallest absolute Gasteiger partial charge is 0.320 e. The summed E-state index contributed by atoms with van der Waals surface area (Å²) < 4.78 is 0. The summed E-state index contributed by atoms with van der Waals surface area (Å²) >= 11 is 11.8. The summed E-state index contributed by atoms with van der Waals surface area (Å²) in [4.78, 5) is 24.6. The molecule has 1 aromatic rings. The van der Waals surface area contributed by atoms with E-state index in [4.69, 9.17) is 28.3 Å². The second-order valence-electron chi connectivity index (χ2n) is 4.62. The molecule has 7 heteroatoms. The van der Waals surface area contributed by atoms with Gasteiger partial charge >= 0.3 is 5.97 Å². The number of carbonyl (C=O) groups is 2. The van der Waals surface area contributed by atoms with E-state index in [0.29, 0.717) is 23.7 Å². The first kappa shape index (κ1) is 15.1. The van der Waals surface area contributed by atoms with Gasteiger partial charge in [0.15, 0.2) is 0 Å². The molecule has 1 aliphatic heterocycles. The van der Waals surface area contributed by atoms with Crippen LogP contribution < -0.4 is 5.32 Å². The minimum atomic E-state index is -0.893. The Morgan fingerprint density at radius 3 is 2.85 bits per heavy atom. The molecule has 0 spiro atoms. The molecule has 0 radical (unpaired) electrons. The van der Waals surface area contributed by atoms with Gasteiger partial charge in [0.05, 0.1) is 22.3 Å². The lowest BCUT2D eigenvalue weighted by atomic mass is 10.2. The Labute approximate surface area is 126 Å². The van der Waals surface area contributed by atoms with Crippen molar-refractivity contribution in [2.24, 2.45) is 0 Å². The molecule has 2 N–H and O–H groups in total. The number of rotatable bonds is 4. The molecular weight excluding hydrogens is 303 g/mol. The normalized spacial score (nSPS) is 19.0. The molecule has 0 bridgehead atoms. The van der Waals surface area contributed by atoms with Gasteiger partial charge in [-0.25, -0.2) is 0 Å². The monoisotopic (exact) mass is 316 g/mol. The Morgan fingerprint density at radius 1 is 1.40 bits per heavy atom. The maximum atomic E-state index is 12.0. The number of carbonyl (C=O) groups excluding carboxylic acids is 1. The van der Waals surface area contributed by atoms with Crippen LogP contribution >= 0.6 is 23.2 Å². The van der Waals surface area contributed by atoms with Crippen molar-refractivity contribution in [3.63, 3.8) is 0 Å². The fourth-order valence-corrected chi connectivity index (χ4v) is 2.62. The highest BCUT2D eigenvalue weighted by Gasteiger charge is 2.31. The van der Waals surface area contributed by atoms with Crippen LogP contribution in [-0.2, 0) is 9.59 Å². The molecular formula is C13H14Cl2N2O3. The number of nitrogens with zero attached hydrogens (tertiary/aromatic N) is 1. The van der Waals surface area contributed by atoms with E-state index in [1.165, 1.54) is 0 Å². The Morgan fingerprint density at radius 2 is 2.15 bits per heavy atom. The molecule has 1 heterocycles. The summed E-state index contributed by atoms with van der Waals surface area (Å²) in [7, 11) is 0. The van der Waals surface area contributed by atoms with Crippen LogP contribution in [0.25, 0.3) is 0 Å². The van der Waals surface area contributed by atoms with Gasteiger partial charge in [0.1, 0.15) is 6.04 Å². The van der Waals surface area contributed by atoms with Gasteiger partial charge in [0.25, 0.3) is 0 Å². The predicted octanol–water partition coefficient (Wildman–Crippen LogP) is 2.48. The summed E-state index contributed by atoms with van der Waals surface area (Å²) in [5.74, 6) is -1.20. The lowest BCUT2D eigenvalue weighted by Gasteiger charge is -2.20. The maximum Gasteiger partial charge on any atom is 0.320 e. The molecule has 0 unspecified atom stereocenters. The number of carboxylic acid groups (broad SMARTS) is 1. The van der Waals surface area contributed by atoms with E-state index in [1.54, 1.807) is 23.1 Å². The minimum Gasteiger partial charge on any atom is -0.480 e. The summed E-state index contributed by atoms with van der Waals surface area (Å²) in [6.45, 7) is 0.632. The third-order valence-electron chi connectivity index (χ3n) is 3.22. The topological polar surface area (TPSA) is 69.6 Å². The number of halogens is 2. The zero-order chi connectivity index (χ0) is 14.7. The second-order valence-corrected chi connectivity index (χ2v) is 5.40. The van der Waals surface area contributed by atoms with Gasteiger partial charge in [0, 0.05) is 0 Å². The molecule has 1 fully saturated rings. The molecule has 2 rings (SSSR count). The van der Waals surface area contributed by atoms with E-state index in [-0.39, 0.29) is 17.5 Å². The van der Waals surface area contributed by atoms with Crippen molar-refractivity contribution in [1.29, 1.82) is 0 Å². The molecule has 1 aliphatic rings. The average molecular weight is 317 g/mol. The van der Waals surface area contributed by atoms with Crippen LogP contribution in [0.1, 0.15) is 12.8 Å². The summed E-state index contributed by atoms with van der Waals surface area (Å²) in [6.07, 6.45) is 1.35. The van der Waals surface area contributed by atoms with Crippen LogP contribution in [0, 0.1) is 0 Å². The van der Waals surface area contributed by atoms with E-state index in [0.717, 1.165) is 6.42 Å². The first-order valence-electron chi connectivity index (χ1n) is 6.19. The largest absolute Gasteiger partial charge is 0.480 e. The number of hydrogen-bond donors (Lipinski definition) is 2. The Bertz CT molecular complexity index is 536. The molecule has 108 valence electrons. The fourth-order valence-electron chi connectivity index (χ4n) is 2.27. The molecule has 1 amide bonds. The van der Waals surface area contributed by atoms with Crippen molar-refractivity contribution in [2.75, 3.05) is 18.4 Å². The van der Waals surface area contributed by atoms with Crippen molar-refractivity contribution >= 4 is 40.8 Å². The minimum absolute atomic E-state index is 0.0276. The third-order valence-corrected chi connectivity index (χ3v) is 4.04. The van der Waals surface area contributed by atoms with Crippen molar-refractivity contribution in [2.45, 2.75) is 18.9 Å². The van der Waals surface area contributed by atoms with E-state index < -0.39 is 12.0 Å². The summed E-state index contributed by atoms with van der Waals surface area (Å²) in [6, 6.07) is 4.36. The van der Waals surface area contributed by atoms with Crippen LogP contribution in [0.4, 0.5) is 5.69 Å². The quantitative estimate of drug-likeness (QED) is 0.895. The Hall–Kier alpha value is -1.30. The van der Waals surface area contributed by atoms with Crippen LogP contribution in [0.2, 0.25) is 10.0 Å².